The van der Waals surface area contributed by atoms with Gasteiger partial charge in [-0.3, -0.25) is 14.2 Å². The molecule has 2 aromatic heterocycles. The minimum Gasteiger partial charge on any atom is -0.356 e. The zero-order chi connectivity index (χ0) is 20.4. The second kappa shape index (κ2) is 8.49. The van der Waals surface area contributed by atoms with Crippen molar-refractivity contribution in [2.45, 2.75) is 46.2 Å². The average Bonchev–Trinajstić information content (AvgIpc) is 2.96. The van der Waals surface area contributed by atoms with Crippen molar-refractivity contribution in [3.05, 3.63) is 50.1 Å². The highest BCUT2D eigenvalue weighted by atomic mass is 32.2. The number of carbonyl (C=O) groups excluding carboxylic acids is 1. The molecule has 0 aliphatic rings. The van der Waals surface area contributed by atoms with E-state index in [0.29, 0.717) is 17.5 Å². The lowest BCUT2D eigenvalue weighted by molar-refractivity contribution is -0.118. The van der Waals surface area contributed by atoms with E-state index in [1.165, 1.54) is 24.2 Å². The molecule has 0 bridgehead atoms. The van der Waals surface area contributed by atoms with Crippen LogP contribution in [-0.2, 0) is 11.2 Å². The number of nitrogens with zero attached hydrogens (tertiary/aromatic N) is 2. The molecule has 0 radical (unpaired) electrons. The Morgan fingerprint density at radius 3 is 2.64 bits per heavy atom. The molecule has 7 heteroatoms. The summed E-state index contributed by atoms with van der Waals surface area (Å²) in [4.78, 5) is 31.4. The first-order valence-electron chi connectivity index (χ1n) is 9.33. The molecule has 1 N–H and O–H groups in total. The molecule has 0 unspecified atom stereocenters. The number of aromatic nitrogens is 2. The number of thiophene rings is 1. The second-order valence-electron chi connectivity index (χ2n) is 6.81. The molecule has 0 saturated carbocycles. The van der Waals surface area contributed by atoms with Crippen LogP contribution in [0.2, 0.25) is 0 Å². The van der Waals surface area contributed by atoms with Gasteiger partial charge in [0.25, 0.3) is 5.56 Å². The number of hydrogen-bond acceptors (Lipinski definition) is 5. The summed E-state index contributed by atoms with van der Waals surface area (Å²) in [6.45, 7) is 10.3. The van der Waals surface area contributed by atoms with Gasteiger partial charge in [-0.15, -0.1) is 11.3 Å². The van der Waals surface area contributed by atoms with Crippen molar-refractivity contribution in [2.75, 3.05) is 12.3 Å². The number of thioether (sulfide) groups is 1. The zero-order valence-electron chi connectivity index (χ0n) is 16.9. The van der Waals surface area contributed by atoms with E-state index < -0.39 is 0 Å². The molecular formula is C21H25N3O2S2. The Morgan fingerprint density at radius 1 is 1.25 bits per heavy atom. The van der Waals surface area contributed by atoms with Crippen molar-refractivity contribution in [3.63, 3.8) is 0 Å². The summed E-state index contributed by atoms with van der Waals surface area (Å²) in [5, 5.41) is 4.19. The van der Waals surface area contributed by atoms with Gasteiger partial charge in [0.1, 0.15) is 4.83 Å². The van der Waals surface area contributed by atoms with Crippen LogP contribution < -0.4 is 10.9 Å². The standard InChI is InChI=1S/C21H25N3O2S2/c1-6-17-14(4)28-19-18(17)20(26)24(16-8-7-12(2)13(3)11-16)21(23-19)27-10-9-22-15(5)25/h7-8,11H,6,9-10H2,1-5H3,(H,22,25). The van der Waals surface area contributed by atoms with Gasteiger partial charge in [-0.2, -0.15) is 0 Å². The summed E-state index contributed by atoms with van der Waals surface area (Å²) in [5.74, 6) is 0.588. The highest BCUT2D eigenvalue weighted by Crippen LogP contribution is 2.30. The summed E-state index contributed by atoms with van der Waals surface area (Å²) in [5.41, 5.74) is 4.22. The van der Waals surface area contributed by atoms with E-state index in [9.17, 15) is 9.59 Å². The maximum absolute atomic E-state index is 13.5. The van der Waals surface area contributed by atoms with Crippen LogP contribution in [0.5, 0.6) is 0 Å². The second-order valence-corrected chi connectivity index (χ2v) is 9.07. The Bertz CT molecular complexity index is 1100. The number of fused-ring (bicyclic) bond motifs is 1. The fourth-order valence-electron chi connectivity index (χ4n) is 3.18. The lowest BCUT2D eigenvalue weighted by atomic mass is 10.1. The summed E-state index contributed by atoms with van der Waals surface area (Å²) < 4.78 is 1.72. The quantitative estimate of drug-likeness (QED) is 0.373. The number of nitrogens with one attached hydrogen (secondary N) is 1. The summed E-state index contributed by atoms with van der Waals surface area (Å²) in [7, 11) is 0. The molecule has 1 aromatic carbocycles. The van der Waals surface area contributed by atoms with Crippen molar-refractivity contribution >= 4 is 39.2 Å². The number of hydrogen-bond donors (Lipinski definition) is 1. The normalized spacial score (nSPS) is 11.2. The van der Waals surface area contributed by atoms with Gasteiger partial charge in [0.15, 0.2) is 5.16 Å². The van der Waals surface area contributed by atoms with Crippen LogP contribution >= 0.6 is 23.1 Å². The first-order chi connectivity index (χ1) is 13.3. The highest BCUT2D eigenvalue weighted by molar-refractivity contribution is 7.99. The summed E-state index contributed by atoms with van der Waals surface area (Å²) in [6.07, 6.45) is 0.810. The molecule has 0 atom stereocenters. The molecule has 1 amide bonds. The third-order valence-corrected chi connectivity index (χ3v) is 6.79. The molecule has 2 heterocycles. The SMILES string of the molecule is CCc1c(C)sc2nc(SCCNC(C)=O)n(-c3ccc(C)c(C)c3)c(=O)c12. The molecule has 0 aliphatic heterocycles. The van der Waals surface area contributed by atoms with Gasteiger partial charge in [0.2, 0.25) is 5.91 Å². The lowest BCUT2D eigenvalue weighted by Gasteiger charge is -2.14. The number of aryl methyl sites for hydroxylation is 4. The van der Waals surface area contributed by atoms with Gasteiger partial charge in [-0.1, -0.05) is 24.8 Å². The lowest BCUT2D eigenvalue weighted by Crippen LogP contribution is -2.24. The van der Waals surface area contributed by atoms with E-state index in [-0.39, 0.29) is 11.5 Å². The number of benzene rings is 1. The van der Waals surface area contributed by atoms with Crippen molar-refractivity contribution in [1.29, 1.82) is 0 Å². The van der Waals surface area contributed by atoms with Crippen molar-refractivity contribution in [3.8, 4) is 5.69 Å². The molecule has 0 spiro atoms. The first kappa shape index (κ1) is 20.6. The van der Waals surface area contributed by atoms with Gasteiger partial charge in [0, 0.05) is 24.1 Å². The maximum atomic E-state index is 13.5. The largest absolute Gasteiger partial charge is 0.356 e. The minimum absolute atomic E-state index is 0.0171. The molecule has 5 nitrogen and oxygen atoms in total. The van der Waals surface area contributed by atoms with Gasteiger partial charge in [-0.25, -0.2) is 4.98 Å². The summed E-state index contributed by atoms with van der Waals surface area (Å²) in [6, 6.07) is 6.04. The number of amides is 1. The Hall–Kier alpha value is -2.12. The Morgan fingerprint density at radius 2 is 2.00 bits per heavy atom. The fraction of sp³-hybridized carbons (Fsp3) is 0.381. The third-order valence-electron chi connectivity index (χ3n) is 4.81. The van der Waals surface area contributed by atoms with E-state index in [1.54, 1.807) is 15.9 Å². The fourth-order valence-corrected chi connectivity index (χ4v) is 5.20. The minimum atomic E-state index is -0.0583. The van der Waals surface area contributed by atoms with Crippen LogP contribution in [0.1, 0.15) is 35.4 Å². The van der Waals surface area contributed by atoms with Crippen LogP contribution in [0.4, 0.5) is 0 Å². The van der Waals surface area contributed by atoms with Crippen LogP contribution in [0.25, 0.3) is 15.9 Å². The average molecular weight is 416 g/mol. The van der Waals surface area contributed by atoms with Gasteiger partial charge < -0.3 is 5.32 Å². The van der Waals surface area contributed by atoms with E-state index in [1.807, 2.05) is 25.1 Å². The van der Waals surface area contributed by atoms with Crippen LogP contribution in [0, 0.1) is 20.8 Å². The van der Waals surface area contributed by atoms with E-state index in [0.717, 1.165) is 38.3 Å². The predicted molar refractivity (Wildman–Crippen MR) is 118 cm³/mol. The highest BCUT2D eigenvalue weighted by Gasteiger charge is 2.19. The molecule has 28 heavy (non-hydrogen) atoms. The maximum Gasteiger partial charge on any atom is 0.267 e. The number of carbonyl (C=O) groups is 1. The van der Waals surface area contributed by atoms with Crippen LogP contribution in [0.15, 0.2) is 28.2 Å². The van der Waals surface area contributed by atoms with E-state index in [4.69, 9.17) is 4.98 Å². The molecular weight excluding hydrogens is 390 g/mol. The van der Waals surface area contributed by atoms with Gasteiger partial charge in [-0.05, 0) is 56.0 Å². The van der Waals surface area contributed by atoms with Crippen LogP contribution in [-0.4, -0.2) is 27.8 Å². The first-order valence-corrected chi connectivity index (χ1v) is 11.1. The molecule has 0 saturated heterocycles. The molecule has 3 aromatic rings. The Kier molecular flexibility index (Phi) is 6.25. The van der Waals surface area contributed by atoms with E-state index >= 15 is 0 Å². The monoisotopic (exact) mass is 415 g/mol. The Balaban J connectivity index is 2.17. The third kappa shape index (κ3) is 4.00. The zero-order valence-corrected chi connectivity index (χ0v) is 18.5. The van der Waals surface area contributed by atoms with Gasteiger partial charge >= 0.3 is 0 Å². The topological polar surface area (TPSA) is 64.0 Å². The predicted octanol–water partition coefficient (Wildman–Crippen LogP) is 4.16. The molecule has 3 rings (SSSR count). The van der Waals surface area contributed by atoms with Crippen molar-refractivity contribution < 1.29 is 4.79 Å². The summed E-state index contributed by atoms with van der Waals surface area (Å²) >= 11 is 3.07. The number of rotatable bonds is 6. The van der Waals surface area contributed by atoms with Crippen LogP contribution in [0.3, 0.4) is 0 Å². The molecule has 148 valence electrons. The van der Waals surface area contributed by atoms with E-state index in [2.05, 4.69) is 26.1 Å². The smallest absolute Gasteiger partial charge is 0.267 e. The van der Waals surface area contributed by atoms with Gasteiger partial charge in [0.05, 0.1) is 11.1 Å². The Labute approximate surface area is 173 Å². The van der Waals surface area contributed by atoms with Crippen molar-refractivity contribution in [1.82, 2.24) is 14.9 Å². The van der Waals surface area contributed by atoms with Crippen molar-refractivity contribution in [2.24, 2.45) is 0 Å². The molecule has 0 aliphatic carbocycles. The molecule has 0 fully saturated rings.